The summed E-state index contributed by atoms with van der Waals surface area (Å²) in [6.45, 7) is 0.479. The summed E-state index contributed by atoms with van der Waals surface area (Å²) in [7, 11) is -4.12. The molecule has 2 aliphatic rings. The standard InChI is InChI=1S/C23H23F5N2O4S/c1-2-35(32,33)29-21-17(30(12-23(21,27)28)22(31)18-9-10-34-18)11-13-5-3-6-14(19(13)25)15-7-4-8-16(24)20(15)26/h3-8,17-18,21,29H,2,9-12H2,1H3/t17-,18?,21+/m0/s1. The molecule has 0 bridgehead atoms. The van der Waals surface area contributed by atoms with Crippen molar-refractivity contribution in [1.82, 2.24) is 9.62 Å². The minimum atomic E-state index is -4.12. The highest BCUT2D eigenvalue weighted by molar-refractivity contribution is 7.89. The lowest BCUT2D eigenvalue weighted by Crippen LogP contribution is -2.54. The second kappa shape index (κ2) is 9.47. The zero-order valence-electron chi connectivity index (χ0n) is 18.6. The topological polar surface area (TPSA) is 75.7 Å². The van der Waals surface area contributed by atoms with Gasteiger partial charge in [-0.3, -0.25) is 4.79 Å². The van der Waals surface area contributed by atoms with Crippen molar-refractivity contribution in [2.45, 2.75) is 43.9 Å². The molecule has 12 heteroatoms. The lowest BCUT2D eigenvalue weighted by atomic mass is 9.95. The third-order valence-electron chi connectivity index (χ3n) is 6.31. The molecule has 0 aliphatic carbocycles. The first-order valence-corrected chi connectivity index (χ1v) is 12.6. The number of sulfonamides is 1. The number of amides is 1. The minimum Gasteiger partial charge on any atom is -0.368 e. The Balaban J connectivity index is 1.74. The maximum Gasteiger partial charge on any atom is 0.283 e. The Kier molecular flexibility index (Phi) is 6.91. The number of nitrogens with zero attached hydrogens (tertiary/aromatic N) is 1. The van der Waals surface area contributed by atoms with Crippen molar-refractivity contribution in [2.24, 2.45) is 0 Å². The number of carbonyl (C=O) groups is 1. The van der Waals surface area contributed by atoms with Gasteiger partial charge in [-0.1, -0.05) is 30.3 Å². The highest BCUT2D eigenvalue weighted by Crippen LogP contribution is 2.37. The number of carbonyl (C=O) groups excluding carboxylic acids is 1. The summed E-state index contributed by atoms with van der Waals surface area (Å²) >= 11 is 0. The van der Waals surface area contributed by atoms with E-state index in [1.807, 2.05) is 4.72 Å². The van der Waals surface area contributed by atoms with Gasteiger partial charge in [0.05, 0.1) is 24.9 Å². The number of likely N-dealkylation sites (tertiary alicyclic amines) is 1. The first-order valence-electron chi connectivity index (χ1n) is 11.0. The van der Waals surface area contributed by atoms with E-state index >= 15 is 13.2 Å². The van der Waals surface area contributed by atoms with Crippen LogP contribution in [-0.2, 0) is 26.0 Å². The monoisotopic (exact) mass is 518 g/mol. The molecular formula is C23H23F5N2O4S. The molecule has 2 fully saturated rings. The maximum atomic E-state index is 15.5. The van der Waals surface area contributed by atoms with Crippen molar-refractivity contribution in [2.75, 3.05) is 18.9 Å². The van der Waals surface area contributed by atoms with Crippen LogP contribution in [0.5, 0.6) is 0 Å². The van der Waals surface area contributed by atoms with Crippen LogP contribution in [0.25, 0.3) is 11.1 Å². The van der Waals surface area contributed by atoms with E-state index in [-0.39, 0.29) is 23.3 Å². The third-order valence-corrected chi connectivity index (χ3v) is 7.69. The molecule has 0 aromatic heterocycles. The highest BCUT2D eigenvalue weighted by Gasteiger charge is 2.58. The van der Waals surface area contributed by atoms with E-state index in [2.05, 4.69) is 0 Å². The number of alkyl halides is 2. The summed E-state index contributed by atoms with van der Waals surface area (Å²) in [5.41, 5.74) is -0.822. The van der Waals surface area contributed by atoms with Crippen molar-refractivity contribution in [3.05, 3.63) is 59.4 Å². The fraction of sp³-hybridized carbons (Fsp3) is 0.435. The number of rotatable bonds is 7. The molecule has 2 heterocycles. The second-order valence-electron chi connectivity index (χ2n) is 8.53. The van der Waals surface area contributed by atoms with Crippen LogP contribution in [0, 0.1) is 17.5 Å². The summed E-state index contributed by atoms with van der Waals surface area (Å²) in [5, 5.41) is 0. The minimum absolute atomic E-state index is 0.165. The third kappa shape index (κ3) is 4.91. The van der Waals surface area contributed by atoms with Crippen LogP contribution in [0.3, 0.4) is 0 Å². The van der Waals surface area contributed by atoms with E-state index < -0.39 is 76.2 Å². The first kappa shape index (κ1) is 25.5. The van der Waals surface area contributed by atoms with Crippen LogP contribution in [0.4, 0.5) is 22.0 Å². The Labute approximate surface area is 199 Å². The van der Waals surface area contributed by atoms with E-state index in [9.17, 15) is 22.0 Å². The molecule has 2 saturated heterocycles. The van der Waals surface area contributed by atoms with Crippen molar-refractivity contribution in [3.63, 3.8) is 0 Å². The van der Waals surface area contributed by atoms with E-state index in [0.29, 0.717) is 6.42 Å². The normalized spacial score (nSPS) is 23.8. The average molecular weight is 519 g/mol. The molecule has 2 aliphatic heterocycles. The smallest absolute Gasteiger partial charge is 0.283 e. The number of halogens is 5. The van der Waals surface area contributed by atoms with Gasteiger partial charge in [0.1, 0.15) is 18.0 Å². The first-order chi connectivity index (χ1) is 16.4. The van der Waals surface area contributed by atoms with Crippen molar-refractivity contribution in [1.29, 1.82) is 0 Å². The summed E-state index contributed by atoms with van der Waals surface area (Å²) in [6.07, 6.45) is -1.11. The average Bonchev–Trinajstić information content (AvgIpc) is 3.00. The Morgan fingerprint density at radius 2 is 1.74 bits per heavy atom. The number of hydrogen-bond acceptors (Lipinski definition) is 4. The number of nitrogens with one attached hydrogen (secondary N) is 1. The lowest BCUT2D eigenvalue weighted by Gasteiger charge is -2.34. The van der Waals surface area contributed by atoms with E-state index in [1.165, 1.54) is 37.3 Å². The zero-order chi connectivity index (χ0) is 25.5. The van der Waals surface area contributed by atoms with Crippen LogP contribution in [0.1, 0.15) is 18.9 Å². The van der Waals surface area contributed by atoms with E-state index in [1.54, 1.807) is 0 Å². The molecule has 2 aromatic rings. The van der Waals surface area contributed by atoms with Gasteiger partial charge in [-0.2, -0.15) is 0 Å². The fourth-order valence-corrected chi connectivity index (χ4v) is 5.20. The van der Waals surface area contributed by atoms with Gasteiger partial charge in [0.15, 0.2) is 11.6 Å². The van der Waals surface area contributed by atoms with Gasteiger partial charge in [0.25, 0.3) is 11.8 Å². The van der Waals surface area contributed by atoms with Crippen LogP contribution in [0.15, 0.2) is 36.4 Å². The van der Waals surface area contributed by atoms with E-state index in [4.69, 9.17) is 4.74 Å². The lowest BCUT2D eigenvalue weighted by molar-refractivity contribution is -0.158. The Hall–Kier alpha value is -2.57. The summed E-state index contributed by atoms with van der Waals surface area (Å²) in [6, 6.07) is 3.59. The molecule has 1 amide bonds. The van der Waals surface area contributed by atoms with Crippen LogP contribution in [-0.4, -0.2) is 62.2 Å². The molecule has 3 atom stereocenters. The Morgan fingerprint density at radius 3 is 2.34 bits per heavy atom. The maximum absolute atomic E-state index is 15.5. The van der Waals surface area contributed by atoms with E-state index in [0.717, 1.165) is 11.0 Å². The van der Waals surface area contributed by atoms with Gasteiger partial charge >= 0.3 is 0 Å². The number of hydrogen-bond donors (Lipinski definition) is 1. The Bertz CT molecular complexity index is 1240. The van der Waals surface area contributed by atoms with Crippen LogP contribution >= 0.6 is 0 Å². The van der Waals surface area contributed by atoms with Crippen molar-refractivity contribution >= 4 is 15.9 Å². The highest BCUT2D eigenvalue weighted by atomic mass is 32.2. The van der Waals surface area contributed by atoms with Gasteiger partial charge in [0, 0.05) is 17.5 Å². The Morgan fingerprint density at radius 1 is 1.11 bits per heavy atom. The van der Waals surface area contributed by atoms with Gasteiger partial charge in [-0.25, -0.2) is 35.1 Å². The fourth-order valence-electron chi connectivity index (χ4n) is 4.31. The predicted molar refractivity (Wildman–Crippen MR) is 117 cm³/mol. The number of ether oxygens (including phenoxy) is 1. The largest absolute Gasteiger partial charge is 0.368 e. The van der Waals surface area contributed by atoms with Crippen LogP contribution in [0.2, 0.25) is 0 Å². The second-order valence-corrected chi connectivity index (χ2v) is 10.6. The molecule has 0 saturated carbocycles. The molecule has 35 heavy (non-hydrogen) atoms. The quantitative estimate of drug-likeness (QED) is 0.571. The molecule has 6 nitrogen and oxygen atoms in total. The molecule has 1 N–H and O–H groups in total. The zero-order valence-corrected chi connectivity index (χ0v) is 19.4. The number of benzene rings is 2. The van der Waals surface area contributed by atoms with Gasteiger partial charge in [0.2, 0.25) is 10.0 Å². The summed E-state index contributed by atoms with van der Waals surface area (Å²) < 4.78 is 105. The van der Waals surface area contributed by atoms with Crippen molar-refractivity contribution in [3.8, 4) is 11.1 Å². The molecule has 0 spiro atoms. The molecule has 4 rings (SSSR count). The predicted octanol–water partition coefficient (Wildman–Crippen LogP) is 3.26. The molecule has 2 aromatic carbocycles. The van der Waals surface area contributed by atoms with Gasteiger partial charge < -0.3 is 9.64 Å². The summed E-state index contributed by atoms with van der Waals surface area (Å²) in [4.78, 5) is 13.7. The molecule has 0 radical (unpaired) electrons. The van der Waals surface area contributed by atoms with Gasteiger partial charge in [-0.05, 0) is 25.0 Å². The molecule has 1 unspecified atom stereocenters. The van der Waals surface area contributed by atoms with Gasteiger partial charge in [-0.15, -0.1) is 0 Å². The molecule has 190 valence electrons. The van der Waals surface area contributed by atoms with Crippen LogP contribution < -0.4 is 4.72 Å². The summed E-state index contributed by atoms with van der Waals surface area (Å²) in [5.74, 6) is -8.31. The SMILES string of the molecule is CCS(=O)(=O)N[C@@H]1[C@H](Cc2cccc(-c3cccc(F)c3F)c2F)N(C(=O)C2CCO2)CC1(F)F. The van der Waals surface area contributed by atoms with Crippen molar-refractivity contribution < 1.29 is 39.9 Å². The molecular weight excluding hydrogens is 495 g/mol.